The number of nitriles is 1. The lowest BCUT2D eigenvalue weighted by Crippen LogP contribution is -2.35. The molecule has 2 N–H and O–H groups in total. The standard InChI is InChI=1S/C12H17N5O3S/c1-12(2,3)17-11(8(5-13)6-15-17)16-7-9(4-10(16)18)21(14,19)20/h6,9H,4,7H2,1-3H3,(H2,14,19,20). The normalized spacial score (nSPS) is 19.9. The number of carbonyl (C=O) groups is 1. The largest absolute Gasteiger partial charge is 0.294 e. The first-order chi connectivity index (χ1) is 9.55. The molecule has 0 saturated carbocycles. The maximum Gasteiger partial charge on any atom is 0.229 e. The molecule has 0 spiro atoms. The first kappa shape index (κ1) is 15.5. The molecule has 1 aromatic heterocycles. The van der Waals surface area contributed by atoms with Crippen molar-refractivity contribution in [1.82, 2.24) is 9.78 Å². The highest BCUT2D eigenvalue weighted by Crippen LogP contribution is 2.31. The van der Waals surface area contributed by atoms with Gasteiger partial charge in [-0.2, -0.15) is 10.4 Å². The summed E-state index contributed by atoms with van der Waals surface area (Å²) in [5.74, 6) is -0.0577. The fraction of sp³-hybridized carbons (Fsp3) is 0.583. The predicted molar refractivity (Wildman–Crippen MR) is 75.8 cm³/mol. The molecule has 2 rings (SSSR count). The van der Waals surface area contributed by atoms with Crippen LogP contribution < -0.4 is 10.0 Å². The molecule has 1 unspecified atom stereocenters. The minimum absolute atomic E-state index is 0.0614. The molecule has 8 nitrogen and oxygen atoms in total. The van der Waals surface area contributed by atoms with Gasteiger partial charge in [-0.1, -0.05) is 0 Å². The average Bonchev–Trinajstić information content (AvgIpc) is 2.89. The van der Waals surface area contributed by atoms with Gasteiger partial charge in [0, 0.05) is 13.0 Å². The van der Waals surface area contributed by atoms with E-state index < -0.39 is 20.8 Å². The van der Waals surface area contributed by atoms with Crippen molar-refractivity contribution < 1.29 is 13.2 Å². The number of primary sulfonamides is 1. The van der Waals surface area contributed by atoms with Gasteiger partial charge in [-0.05, 0) is 20.8 Å². The van der Waals surface area contributed by atoms with Crippen molar-refractivity contribution >= 4 is 21.7 Å². The number of anilines is 1. The summed E-state index contributed by atoms with van der Waals surface area (Å²) in [6.07, 6.45) is 1.19. The number of amides is 1. The fourth-order valence-corrected chi connectivity index (χ4v) is 3.00. The molecule has 1 fully saturated rings. The Hall–Kier alpha value is -1.92. The monoisotopic (exact) mass is 311 g/mol. The van der Waals surface area contributed by atoms with Gasteiger partial charge in [0.25, 0.3) is 0 Å². The van der Waals surface area contributed by atoms with E-state index >= 15 is 0 Å². The molecule has 1 aromatic rings. The molecule has 1 aliphatic heterocycles. The highest BCUT2D eigenvalue weighted by atomic mass is 32.2. The summed E-state index contributed by atoms with van der Waals surface area (Å²) in [5.41, 5.74) is -0.224. The molecule has 21 heavy (non-hydrogen) atoms. The van der Waals surface area contributed by atoms with Gasteiger partial charge in [0.15, 0.2) is 5.82 Å². The average molecular weight is 311 g/mol. The third-order valence-corrected chi connectivity index (χ3v) is 4.55. The van der Waals surface area contributed by atoms with Crippen LogP contribution in [-0.4, -0.2) is 35.9 Å². The van der Waals surface area contributed by atoms with Crippen molar-refractivity contribution in [3.8, 4) is 6.07 Å². The Morgan fingerprint density at radius 3 is 2.52 bits per heavy atom. The predicted octanol–water partition coefficient (Wildman–Crippen LogP) is -0.0964. The van der Waals surface area contributed by atoms with Gasteiger partial charge in [0.2, 0.25) is 15.9 Å². The lowest BCUT2D eigenvalue weighted by molar-refractivity contribution is -0.117. The lowest BCUT2D eigenvalue weighted by atomic mass is 10.1. The van der Waals surface area contributed by atoms with E-state index in [2.05, 4.69) is 5.10 Å². The first-order valence-corrected chi connectivity index (χ1v) is 7.97. The second-order valence-corrected chi connectivity index (χ2v) is 7.84. The molecular weight excluding hydrogens is 294 g/mol. The van der Waals surface area contributed by atoms with Crippen molar-refractivity contribution in [2.24, 2.45) is 5.14 Å². The van der Waals surface area contributed by atoms with Gasteiger partial charge in [0.1, 0.15) is 16.9 Å². The zero-order valence-electron chi connectivity index (χ0n) is 12.1. The number of rotatable bonds is 2. The molecule has 1 aliphatic rings. The Kier molecular flexibility index (Phi) is 3.55. The highest BCUT2D eigenvalue weighted by molar-refractivity contribution is 7.89. The molecule has 0 aromatic carbocycles. The molecule has 2 heterocycles. The van der Waals surface area contributed by atoms with Crippen molar-refractivity contribution in [3.63, 3.8) is 0 Å². The summed E-state index contributed by atoms with van der Waals surface area (Å²) < 4.78 is 24.4. The van der Waals surface area contributed by atoms with Gasteiger partial charge >= 0.3 is 0 Å². The first-order valence-electron chi connectivity index (χ1n) is 6.36. The highest BCUT2D eigenvalue weighted by Gasteiger charge is 2.40. The Morgan fingerprint density at radius 2 is 2.10 bits per heavy atom. The van der Waals surface area contributed by atoms with E-state index in [9.17, 15) is 18.5 Å². The Morgan fingerprint density at radius 1 is 1.48 bits per heavy atom. The van der Waals surface area contributed by atoms with Gasteiger partial charge in [-0.25, -0.2) is 18.2 Å². The number of aromatic nitrogens is 2. The van der Waals surface area contributed by atoms with Crippen LogP contribution in [0.15, 0.2) is 6.20 Å². The Labute approximate surface area is 123 Å². The van der Waals surface area contributed by atoms with E-state index in [-0.39, 0.29) is 24.4 Å². The fourth-order valence-electron chi connectivity index (χ4n) is 2.27. The zero-order chi connectivity index (χ0) is 16.0. The summed E-state index contributed by atoms with van der Waals surface area (Å²) in [7, 11) is -3.80. The van der Waals surface area contributed by atoms with E-state index in [4.69, 9.17) is 5.14 Å². The van der Waals surface area contributed by atoms with E-state index in [1.165, 1.54) is 11.1 Å². The second-order valence-electron chi connectivity index (χ2n) is 6.00. The SMILES string of the molecule is CC(C)(C)n1ncc(C#N)c1N1CC(S(N)(=O)=O)CC1=O. The van der Waals surface area contributed by atoms with Gasteiger partial charge in [-0.3, -0.25) is 9.69 Å². The molecule has 1 amide bonds. The smallest absolute Gasteiger partial charge is 0.229 e. The molecule has 0 aliphatic carbocycles. The van der Waals surface area contributed by atoms with Crippen LogP contribution in [-0.2, 0) is 20.4 Å². The molecule has 0 bridgehead atoms. The van der Waals surface area contributed by atoms with Crippen LogP contribution in [0.4, 0.5) is 5.82 Å². The topological polar surface area (TPSA) is 122 Å². The number of carbonyl (C=O) groups excluding carboxylic acids is 1. The van der Waals surface area contributed by atoms with Crippen LogP contribution in [0, 0.1) is 11.3 Å². The maximum atomic E-state index is 12.1. The van der Waals surface area contributed by atoms with Crippen molar-refractivity contribution in [2.75, 3.05) is 11.4 Å². The van der Waals surface area contributed by atoms with E-state index in [0.29, 0.717) is 5.82 Å². The summed E-state index contributed by atoms with van der Waals surface area (Å²) in [6, 6.07) is 1.98. The van der Waals surface area contributed by atoms with Gasteiger partial charge in [0.05, 0.1) is 11.7 Å². The molecule has 0 radical (unpaired) electrons. The summed E-state index contributed by atoms with van der Waals surface area (Å²) >= 11 is 0. The summed E-state index contributed by atoms with van der Waals surface area (Å²) in [5, 5.41) is 17.5. The van der Waals surface area contributed by atoms with Crippen LogP contribution in [0.25, 0.3) is 0 Å². The van der Waals surface area contributed by atoms with Crippen LogP contribution in [0.5, 0.6) is 0 Å². The molecular formula is C12H17N5O3S. The summed E-state index contributed by atoms with van der Waals surface area (Å²) in [6.45, 7) is 5.57. The molecule has 1 saturated heterocycles. The zero-order valence-corrected chi connectivity index (χ0v) is 12.9. The molecule has 9 heteroatoms. The third kappa shape index (κ3) is 2.77. The van der Waals surface area contributed by atoms with E-state index in [0.717, 1.165) is 0 Å². The van der Waals surface area contributed by atoms with Crippen molar-refractivity contribution in [2.45, 2.75) is 38.0 Å². The lowest BCUT2D eigenvalue weighted by Gasteiger charge is -2.26. The number of hydrogen-bond acceptors (Lipinski definition) is 5. The number of sulfonamides is 1. The van der Waals surface area contributed by atoms with Gasteiger partial charge in [-0.15, -0.1) is 0 Å². The Bertz CT molecular complexity index is 723. The second kappa shape index (κ2) is 4.82. The molecule has 114 valence electrons. The van der Waals surface area contributed by atoms with Crippen molar-refractivity contribution in [3.05, 3.63) is 11.8 Å². The maximum absolute atomic E-state index is 12.1. The molecule has 1 atom stereocenters. The van der Waals surface area contributed by atoms with E-state index in [1.54, 1.807) is 4.68 Å². The van der Waals surface area contributed by atoms with Crippen LogP contribution in [0.3, 0.4) is 0 Å². The van der Waals surface area contributed by atoms with Crippen molar-refractivity contribution in [1.29, 1.82) is 5.26 Å². The number of nitrogens with zero attached hydrogens (tertiary/aromatic N) is 4. The Balaban J connectivity index is 2.51. The third-order valence-electron chi connectivity index (χ3n) is 3.31. The van der Waals surface area contributed by atoms with E-state index in [1.807, 2.05) is 26.8 Å². The minimum atomic E-state index is -3.80. The summed E-state index contributed by atoms with van der Waals surface area (Å²) in [4.78, 5) is 13.4. The van der Waals surface area contributed by atoms with Crippen LogP contribution >= 0.6 is 0 Å². The van der Waals surface area contributed by atoms with Crippen LogP contribution in [0.2, 0.25) is 0 Å². The van der Waals surface area contributed by atoms with Crippen LogP contribution in [0.1, 0.15) is 32.8 Å². The number of nitrogens with two attached hydrogens (primary N) is 1. The quantitative estimate of drug-likeness (QED) is 0.817. The van der Waals surface area contributed by atoms with Gasteiger partial charge < -0.3 is 0 Å². The number of hydrogen-bond donors (Lipinski definition) is 1. The minimum Gasteiger partial charge on any atom is -0.294 e.